The van der Waals surface area contributed by atoms with E-state index in [0.717, 1.165) is 16.5 Å². The first-order valence-corrected chi connectivity index (χ1v) is 6.30. The minimum absolute atomic E-state index is 0.177. The number of imide groups is 1. The number of halogens is 1. The normalized spacial score (nSPS) is 19.6. The number of rotatable bonds is 3. The topological polar surface area (TPSA) is 49.4 Å². The fraction of sp³-hybridized carbons (Fsp3) is 0.333. The standard InChI is InChI=1S/C12H13BrN2O2/c1-2-7-15-11(16)10(14-12(15)17)8-5-3-4-6-9(8)13/h3-6,10H,2,7H2,1H3,(H,14,17). The Kier molecular flexibility index (Phi) is 3.47. The monoisotopic (exact) mass is 296 g/mol. The van der Waals surface area contributed by atoms with Crippen LogP contribution in [0.25, 0.3) is 0 Å². The Labute approximate surface area is 108 Å². The molecule has 1 aromatic carbocycles. The van der Waals surface area contributed by atoms with Crippen LogP contribution >= 0.6 is 15.9 Å². The van der Waals surface area contributed by atoms with Crippen LogP contribution in [0.5, 0.6) is 0 Å². The molecule has 1 heterocycles. The molecule has 1 atom stereocenters. The molecule has 1 aliphatic heterocycles. The van der Waals surface area contributed by atoms with Gasteiger partial charge in [-0.25, -0.2) is 4.79 Å². The minimum Gasteiger partial charge on any atom is -0.322 e. The van der Waals surface area contributed by atoms with E-state index in [0.29, 0.717) is 6.54 Å². The highest BCUT2D eigenvalue weighted by molar-refractivity contribution is 9.10. The van der Waals surface area contributed by atoms with Gasteiger partial charge in [0.15, 0.2) is 0 Å². The van der Waals surface area contributed by atoms with Gasteiger partial charge in [0.25, 0.3) is 5.91 Å². The third kappa shape index (κ3) is 2.20. The molecule has 1 unspecified atom stereocenters. The molecule has 90 valence electrons. The quantitative estimate of drug-likeness (QED) is 0.871. The average Bonchev–Trinajstić information content (AvgIpc) is 2.58. The molecule has 1 fully saturated rings. The van der Waals surface area contributed by atoms with Gasteiger partial charge in [-0.3, -0.25) is 9.69 Å². The predicted octanol–water partition coefficient (Wildman–Crippen LogP) is 2.45. The summed E-state index contributed by atoms with van der Waals surface area (Å²) in [6.07, 6.45) is 0.766. The molecule has 0 spiro atoms. The number of benzene rings is 1. The van der Waals surface area contributed by atoms with Crippen molar-refractivity contribution in [3.63, 3.8) is 0 Å². The van der Waals surface area contributed by atoms with E-state index in [4.69, 9.17) is 0 Å². The summed E-state index contributed by atoms with van der Waals surface area (Å²) in [5, 5.41) is 2.70. The summed E-state index contributed by atoms with van der Waals surface area (Å²) in [4.78, 5) is 25.0. The molecular weight excluding hydrogens is 284 g/mol. The number of urea groups is 1. The maximum atomic E-state index is 12.1. The zero-order chi connectivity index (χ0) is 12.4. The fourth-order valence-electron chi connectivity index (χ4n) is 1.87. The molecule has 0 aliphatic carbocycles. The Hall–Kier alpha value is -1.36. The lowest BCUT2D eigenvalue weighted by Crippen LogP contribution is -2.31. The van der Waals surface area contributed by atoms with Gasteiger partial charge < -0.3 is 5.32 Å². The molecule has 0 saturated carbocycles. The highest BCUT2D eigenvalue weighted by Crippen LogP contribution is 2.28. The molecule has 0 radical (unpaired) electrons. The summed E-state index contributed by atoms with van der Waals surface area (Å²) in [6.45, 7) is 2.40. The maximum Gasteiger partial charge on any atom is 0.325 e. The average molecular weight is 297 g/mol. The van der Waals surface area contributed by atoms with Crippen molar-refractivity contribution in [3.8, 4) is 0 Å². The summed E-state index contributed by atoms with van der Waals surface area (Å²) in [5.74, 6) is -0.177. The van der Waals surface area contributed by atoms with Crippen molar-refractivity contribution >= 4 is 27.9 Å². The smallest absolute Gasteiger partial charge is 0.322 e. The van der Waals surface area contributed by atoms with Gasteiger partial charge >= 0.3 is 6.03 Å². The van der Waals surface area contributed by atoms with Crippen molar-refractivity contribution in [2.24, 2.45) is 0 Å². The van der Waals surface area contributed by atoms with Crippen LogP contribution in [0.15, 0.2) is 28.7 Å². The molecule has 1 saturated heterocycles. The third-order valence-corrected chi connectivity index (χ3v) is 3.41. The van der Waals surface area contributed by atoms with Crippen LogP contribution < -0.4 is 5.32 Å². The van der Waals surface area contributed by atoms with Crippen molar-refractivity contribution in [2.45, 2.75) is 19.4 Å². The van der Waals surface area contributed by atoms with Gasteiger partial charge in [-0.05, 0) is 18.1 Å². The third-order valence-electron chi connectivity index (χ3n) is 2.69. The Morgan fingerprint density at radius 3 is 2.71 bits per heavy atom. The summed E-state index contributed by atoms with van der Waals surface area (Å²) >= 11 is 3.39. The molecule has 4 nitrogen and oxygen atoms in total. The number of hydrogen-bond acceptors (Lipinski definition) is 2. The fourth-order valence-corrected chi connectivity index (χ4v) is 2.39. The lowest BCUT2D eigenvalue weighted by Gasteiger charge is -2.12. The lowest BCUT2D eigenvalue weighted by atomic mass is 10.1. The molecule has 1 aliphatic rings. The van der Waals surface area contributed by atoms with Gasteiger partial charge in [0.2, 0.25) is 0 Å². The van der Waals surface area contributed by atoms with Crippen molar-refractivity contribution in [1.82, 2.24) is 10.2 Å². The molecule has 1 N–H and O–H groups in total. The second-order valence-electron chi connectivity index (χ2n) is 3.89. The van der Waals surface area contributed by atoms with Gasteiger partial charge in [-0.1, -0.05) is 41.1 Å². The first kappa shape index (κ1) is 12.1. The molecule has 3 amide bonds. The summed E-state index contributed by atoms with van der Waals surface area (Å²) in [5.41, 5.74) is 0.796. The van der Waals surface area contributed by atoms with Crippen LogP contribution in [0.1, 0.15) is 24.9 Å². The zero-order valence-corrected chi connectivity index (χ0v) is 11.0. The van der Waals surface area contributed by atoms with E-state index in [2.05, 4.69) is 21.2 Å². The van der Waals surface area contributed by atoms with Crippen molar-refractivity contribution in [3.05, 3.63) is 34.3 Å². The van der Waals surface area contributed by atoms with E-state index < -0.39 is 6.04 Å². The zero-order valence-electron chi connectivity index (χ0n) is 9.44. The molecule has 1 aromatic rings. The molecule has 0 aromatic heterocycles. The van der Waals surface area contributed by atoms with Crippen LogP contribution in [-0.2, 0) is 4.79 Å². The van der Waals surface area contributed by atoms with E-state index in [1.165, 1.54) is 4.90 Å². The van der Waals surface area contributed by atoms with Crippen LogP contribution in [0.3, 0.4) is 0 Å². The summed E-state index contributed by atoms with van der Waals surface area (Å²) in [7, 11) is 0. The predicted molar refractivity (Wildman–Crippen MR) is 67.4 cm³/mol. The lowest BCUT2D eigenvalue weighted by molar-refractivity contribution is -0.127. The summed E-state index contributed by atoms with van der Waals surface area (Å²) in [6, 6.07) is 6.54. The van der Waals surface area contributed by atoms with E-state index in [1.54, 1.807) is 0 Å². The first-order chi connectivity index (χ1) is 8.15. The van der Waals surface area contributed by atoms with E-state index in [-0.39, 0.29) is 11.9 Å². The second-order valence-corrected chi connectivity index (χ2v) is 4.75. The van der Waals surface area contributed by atoms with Gasteiger partial charge in [0.1, 0.15) is 6.04 Å². The minimum atomic E-state index is -0.565. The number of nitrogens with zero attached hydrogens (tertiary/aromatic N) is 1. The second kappa shape index (κ2) is 4.87. The molecule has 0 bridgehead atoms. The molecular formula is C12H13BrN2O2. The van der Waals surface area contributed by atoms with E-state index in [1.807, 2.05) is 31.2 Å². The van der Waals surface area contributed by atoms with Crippen molar-refractivity contribution in [1.29, 1.82) is 0 Å². The summed E-state index contributed by atoms with van der Waals surface area (Å²) < 4.78 is 0.831. The van der Waals surface area contributed by atoms with Gasteiger partial charge in [-0.2, -0.15) is 0 Å². The van der Waals surface area contributed by atoms with Gasteiger partial charge in [0, 0.05) is 11.0 Å². The Morgan fingerprint density at radius 2 is 2.06 bits per heavy atom. The van der Waals surface area contributed by atoms with E-state index >= 15 is 0 Å². The molecule has 5 heteroatoms. The van der Waals surface area contributed by atoms with Gasteiger partial charge in [0.05, 0.1) is 0 Å². The number of nitrogens with one attached hydrogen (secondary N) is 1. The largest absolute Gasteiger partial charge is 0.325 e. The number of hydrogen-bond donors (Lipinski definition) is 1. The Bertz CT molecular complexity index is 462. The van der Waals surface area contributed by atoms with E-state index in [9.17, 15) is 9.59 Å². The Morgan fingerprint density at radius 1 is 1.35 bits per heavy atom. The highest BCUT2D eigenvalue weighted by Gasteiger charge is 2.38. The number of carbonyl (C=O) groups excluding carboxylic acids is 2. The first-order valence-electron chi connectivity index (χ1n) is 5.51. The Balaban J connectivity index is 2.28. The van der Waals surface area contributed by atoms with Crippen molar-refractivity contribution in [2.75, 3.05) is 6.54 Å². The van der Waals surface area contributed by atoms with Crippen LogP contribution in [0, 0.1) is 0 Å². The van der Waals surface area contributed by atoms with Crippen LogP contribution in [-0.4, -0.2) is 23.4 Å². The molecule has 2 rings (SSSR count). The number of amides is 3. The van der Waals surface area contributed by atoms with Crippen LogP contribution in [0.2, 0.25) is 0 Å². The SMILES string of the molecule is CCCN1C(=O)NC(c2ccccc2Br)C1=O. The highest BCUT2D eigenvalue weighted by atomic mass is 79.9. The van der Waals surface area contributed by atoms with Crippen LogP contribution in [0.4, 0.5) is 4.79 Å². The van der Waals surface area contributed by atoms with Crippen molar-refractivity contribution < 1.29 is 9.59 Å². The number of carbonyl (C=O) groups is 2. The maximum absolute atomic E-state index is 12.1. The van der Waals surface area contributed by atoms with Gasteiger partial charge in [-0.15, -0.1) is 0 Å². The molecule has 17 heavy (non-hydrogen) atoms.